The van der Waals surface area contributed by atoms with Crippen LogP contribution in [-0.4, -0.2) is 11.5 Å². The van der Waals surface area contributed by atoms with Crippen LogP contribution in [0.5, 0.6) is 0 Å². The van der Waals surface area contributed by atoms with Crippen molar-refractivity contribution in [3.05, 3.63) is 58.2 Å². The molecule has 1 N–H and O–H groups in total. The van der Waals surface area contributed by atoms with E-state index in [-0.39, 0.29) is 5.41 Å². The predicted molar refractivity (Wildman–Crippen MR) is 87.1 cm³/mol. The topological polar surface area (TPSA) is 24.9 Å². The molecular formula is C18H19ClN2. The number of aryl methyl sites for hydroxylation is 2. The molecule has 1 saturated carbocycles. The van der Waals surface area contributed by atoms with Gasteiger partial charge >= 0.3 is 0 Å². The van der Waals surface area contributed by atoms with Gasteiger partial charge in [0.05, 0.1) is 0 Å². The third-order valence-corrected chi connectivity index (χ3v) is 5.21. The number of rotatable bonds is 4. The van der Waals surface area contributed by atoms with Gasteiger partial charge in [-0.05, 0) is 60.9 Å². The molecule has 0 atom stereocenters. The highest BCUT2D eigenvalue weighted by Gasteiger charge is 2.45. The van der Waals surface area contributed by atoms with Crippen LogP contribution in [0.15, 0.2) is 36.5 Å². The second-order valence-corrected chi connectivity index (χ2v) is 6.71. The molecule has 1 aromatic heterocycles. The van der Waals surface area contributed by atoms with Crippen molar-refractivity contribution in [1.82, 2.24) is 4.98 Å². The molecule has 0 aliphatic heterocycles. The SMILES string of the molecule is Clc1ccccc1C1(CNc2cc3c(cn2)CCC3)CC1. The van der Waals surface area contributed by atoms with Crippen LogP contribution in [0.2, 0.25) is 5.02 Å². The minimum absolute atomic E-state index is 0.207. The Morgan fingerprint density at radius 3 is 2.76 bits per heavy atom. The fourth-order valence-corrected chi connectivity index (χ4v) is 3.73. The number of hydrogen-bond acceptors (Lipinski definition) is 2. The zero-order valence-electron chi connectivity index (χ0n) is 12.0. The summed E-state index contributed by atoms with van der Waals surface area (Å²) in [6.07, 6.45) is 8.10. The molecule has 0 saturated heterocycles. The van der Waals surface area contributed by atoms with Crippen LogP contribution >= 0.6 is 11.6 Å². The van der Waals surface area contributed by atoms with Crippen molar-refractivity contribution in [2.45, 2.75) is 37.5 Å². The van der Waals surface area contributed by atoms with Crippen LogP contribution < -0.4 is 5.32 Å². The summed E-state index contributed by atoms with van der Waals surface area (Å²) in [5, 5.41) is 4.42. The van der Waals surface area contributed by atoms with Gasteiger partial charge in [0.25, 0.3) is 0 Å². The Morgan fingerprint density at radius 1 is 1.14 bits per heavy atom. The summed E-state index contributed by atoms with van der Waals surface area (Å²) in [5.41, 5.74) is 4.38. The smallest absolute Gasteiger partial charge is 0.126 e. The summed E-state index contributed by atoms with van der Waals surface area (Å²) in [6, 6.07) is 10.5. The van der Waals surface area contributed by atoms with Gasteiger partial charge in [-0.3, -0.25) is 0 Å². The van der Waals surface area contributed by atoms with E-state index < -0.39 is 0 Å². The van der Waals surface area contributed by atoms with Gasteiger partial charge in [0.2, 0.25) is 0 Å². The van der Waals surface area contributed by atoms with Gasteiger partial charge in [-0.1, -0.05) is 29.8 Å². The lowest BCUT2D eigenvalue weighted by atomic mass is 9.96. The second kappa shape index (κ2) is 5.03. The number of nitrogens with one attached hydrogen (secondary N) is 1. The third kappa shape index (κ3) is 2.42. The van der Waals surface area contributed by atoms with Gasteiger partial charge in [0, 0.05) is 23.2 Å². The summed E-state index contributed by atoms with van der Waals surface area (Å²) in [7, 11) is 0. The van der Waals surface area contributed by atoms with Gasteiger partial charge in [0.15, 0.2) is 0 Å². The largest absolute Gasteiger partial charge is 0.369 e. The molecule has 21 heavy (non-hydrogen) atoms. The predicted octanol–water partition coefficient (Wildman–Crippen LogP) is 4.37. The van der Waals surface area contributed by atoms with Crippen molar-refractivity contribution in [2.24, 2.45) is 0 Å². The van der Waals surface area contributed by atoms with Gasteiger partial charge < -0.3 is 5.32 Å². The van der Waals surface area contributed by atoms with Crippen LogP contribution in [0.3, 0.4) is 0 Å². The maximum atomic E-state index is 6.36. The lowest BCUT2D eigenvalue weighted by Gasteiger charge is -2.18. The molecule has 108 valence electrons. The Hall–Kier alpha value is -1.54. The maximum Gasteiger partial charge on any atom is 0.126 e. The van der Waals surface area contributed by atoms with E-state index in [9.17, 15) is 0 Å². The van der Waals surface area contributed by atoms with Gasteiger partial charge in [-0.15, -0.1) is 0 Å². The summed E-state index contributed by atoms with van der Waals surface area (Å²) in [5.74, 6) is 1.01. The van der Waals surface area contributed by atoms with Crippen LogP contribution in [0.25, 0.3) is 0 Å². The van der Waals surface area contributed by atoms with Crippen LogP contribution in [0, 0.1) is 0 Å². The van der Waals surface area contributed by atoms with Gasteiger partial charge in [-0.2, -0.15) is 0 Å². The monoisotopic (exact) mass is 298 g/mol. The van der Waals surface area contributed by atoms with Crippen molar-refractivity contribution in [2.75, 3.05) is 11.9 Å². The van der Waals surface area contributed by atoms with E-state index >= 15 is 0 Å². The zero-order chi connectivity index (χ0) is 14.3. The maximum absolute atomic E-state index is 6.36. The number of hydrogen-bond donors (Lipinski definition) is 1. The number of halogens is 1. The molecule has 0 amide bonds. The Bertz CT molecular complexity index is 677. The summed E-state index contributed by atoms with van der Waals surface area (Å²) < 4.78 is 0. The standard InChI is InChI=1S/C18H19ClN2/c19-16-7-2-1-6-15(16)18(8-9-18)12-21-17-10-13-4-3-5-14(13)11-20-17/h1-2,6-7,10-11H,3-5,8-9,12H2,(H,20,21). The Morgan fingerprint density at radius 2 is 1.95 bits per heavy atom. The third-order valence-electron chi connectivity index (χ3n) is 4.88. The van der Waals surface area contributed by atoms with Gasteiger partial charge in [0.1, 0.15) is 5.82 Å². The first kappa shape index (κ1) is 13.1. The molecular weight excluding hydrogens is 280 g/mol. The molecule has 0 radical (unpaired) electrons. The molecule has 2 aromatic rings. The Kier molecular flexibility index (Phi) is 3.15. The lowest BCUT2D eigenvalue weighted by Crippen LogP contribution is -2.20. The van der Waals surface area contributed by atoms with Crippen molar-refractivity contribution in [1.29, 1.82) is 0 Å². The first-order valence-electron chi connectivity index (χ1n) is 7.74. The summed E-state index contributed by atoms with van der Waals surface area (Å²) in [6.45, 7) is 0.919. The number of anilines is 1. The lowest BCUT2D eigenvalue weighted by molar-refractivity contribution is 0.730. The zero-order valence-corrected chi connectivity index (χ0v) is 12.8. The molecule has 2 nitrogen and oxygen atoms in total. The van der Waals surface area contributed by atoms with E-state index in [2.05, 4.69) is 28.5 Å². The number of nitrogens with zero attached hydrogens (tertiary/aromatic N) is 1. The van der Waals surface area contributed by atoms with E-state index in [4.69, 9.17) is 11.6 Å². The molecule has 0 unspecified atom stereocenters. The number of aromatic nitrogens is 1. The molecule has 2 aliphatic rings. The van der Waals surface area contributed by atoms with Crippen molar-refractivity contribution in [3.63, 3.8) is 0 Å². The van der Waals surface area contributed by atoms with Crippen molar-refractivity contribution >= 4 is 17.4 Å². The number of fused-ring (bicyclic) bond motifs is 1. The van der Waals surface area contributed by atoms with E-state index in [1.165, 1.54) is 48.8 Å². The quantitative estimate of drug-likeness (QED) is 0.907. The van der Waals surface area contributed by atoms with Crippen molar-refractivity contribution < 1.29 is 0 Å². The van der Waals surface area contributed by atoms with E-state index in [1.807, 2.05) is 18.3 Å². The minimum Gasteiger partial charge on any atom is -0.369 e. The molecule has 2 aliphatic carbocycles. The van der Waals surface area contributed by atoms with E-state index in [0.29, 0.717) is 0 Å². The fourth-order valence-electron chi connectivity index (χ4n) is 3.39. The molecule has 4 rings (SSSR count). The first-order chi connectivity index (χ1) is 10.3. The van der Waals surface area contributed by atoms with E-state index in [1.54, 1.807) is 0 Å². The summed E-state index contributed by atoms with van der Waals surface area (Å²) in [4.78, 5) is 4.55. The molecule has 0 bridgehead atoms. The highest BCUT2D eigenvalue weighted by atomic mass is 35.5. The molecule has 0 spiro atoms. The normalized spacial score (nSPS) is 18.3. The first-order valence-corrected chi connectivity index (χ1v) is 8.11. The minimum atomic E-state index is 0.207. The highest BCUT2D eigenvalue weighted by Crippen LogP contribution is 2.50. The molecule has 1 heterocycles. The number of benzene rings is 1. The fraction of sp³-hybridized carbons (Fsp3) is 0.389. The molecule has 3 heteroatoms. The average molecular weight is 299 g/mol. The highest BCUT2D eigenvalue weighted by molar-refractivity contribution is 6.31. The van der Waals surface area contributed by atoms with Crippen LogP contribution in [-0.2, 0) is 18.3 Å². The van der Waals surface area contributed by atoms with Crippen LogP contribution in [0.4, 0.5) is 5.82 Å². The molecule has 1 aromatic carbocycles. The van der Waals surface area contributed by atoms with Crippen molar-refractivity contribution in [3.8, 4) is 0 Å². The second-order valence-electron chi connectivity index (χ2n) is 6.31. The summed E-state index contributed by atoms with van der Waals surface area (Å²) >= 11 is 6.36. The number of pyridine rings is 1. The Balaban J connectivity index is 1.51. The van der Waals surface area contributed by atoms with Crippen LogP contribution in [0.1, 0.15) is 36.0 Å². The van der Waals surface area contributed by atoms with Gasteiger partial charge in [-0.25, -0.2) is 4.98 Å². The Labute approximate surface area is 130 Å². The molecule has 1 fully saturated rings. The van der Waals surface area contributed by atoms with E-state index in [0.717, 1.165) is 17.4 Å². The average Bonchev–Trinajstić information content (AvgIpc) is 3.14.